The van der Waals surface area contributed by atoms with Crippen molar-refractivity contribution in [3.05, 3.63) is 57.1 Å². The number of amides is 3. The molecule has 3 saturated heterocycles. The minimum absolute atomic E-state index is 0.160. The van der Waals surface area contributed by atoms with E-state index in [0.29, 0.717) is 41.7 Å². The van der Waals surface area contributed by atoms with E-state index < -0.39 is 52.9 Å². The van der Waals surface area contributed by atoms with Crippen molar-refractivity contribution in [2.45, 2.75) is 37.5 Å². The van der Waals surface area contributed by atoms with Crippen LogP contribution in [-0.4, -0.2) is 35.2 Å². The fourth-order valence-corrected chi connectivity index (χ4v) is 7.02. The number of hydrogen-bond acceptors (Lipinski definition) is 4. The van der Waals surface area contributed by atoms with Crippen LogP contribution in [0, 0.1) is 18.8 Å². The molecular weight excluding hydrogens is 506 g/mol. The summed E-state index contributed by atoms with van der Waals surface area (Å²) in [5, 5.41) is 2.97. The van der Waals surface area contributed by atoms with Gasteiger partial charge in [-0.05, 0) is 56.1 Å². The Kier molecular flexibility index (Phi) is 4.70. The lowest BCUT2D eigenvalue weighted by molar-refractivity contribution is -0.137. The lowest BCUT2D eigenvalue weighted by Gasteiger charge is -2.37. The molecular formula is C24H18Cl2F3N3O3. The van der Waals surface area contributed by atoms with Gasteiger partial charge in [-0.25, -0.2) is 4.90 Å². The quantitative estimate of drug-likeness (QED) is 0.547. The van der Waals surface area contributed by atoms with E-state index in [1.54, 1.807) is 12.1 Å². The molecule has 6 nitrogen and oxygen atoms in total. The number of benzene rings is 2. The van der Waals surface area contributed by atoms with Crippen LogP contribution in [0.2, 0.25) is 10.0 Å². The Morgan fingerprint density at radius 3 is 2.51 bits per heavy atom. The van der Waals surface area contributed by atoms with Crippen LogP contribution in [0.25, 0.3) is 0 Å². The van der Waals surface area contributed by atoms with Gasteiger partial charge in [0.15, 0.2) is 0 Å². The van der Waals surface area contributed by atoms with Crippen LogP contribution >= 0.6 is 23.2 Å². The Hall–Kier alpha value is -2.62. The smallest absolute Gasteiger partial charge is 0.323 e. The first-order valence-corrected chi connectivity index (χ1v) is 11.9. The summed E-state index contributed by atoms with van der Waals surface area (Å²) in [6.07, 6.45) is -3.40. The molecule has 1 spiro atoms. The standard InChI is InChI=1S/C24H18Cl2F3N3O3/c1-10-7-12-19(14(26)8-10)30-22(35)23(12)18-17(15-3-2-6-31(15)23)20(33)32(21(18)34)16-9-11(24(27,28)29)4-5-13(16)25/h4-5,7-9,15,17-18H,2-3,6H2,1H3,(H,30,35)/t15-,17+,18-,23+/m0/s1. The Labute approximate surface area is 208 Å². The molecule has 0 bridgehead atoms. The lowest BCUT2D eigenvalue weighted by atomic mass is 9.75. The molecule has 2 aromatic carbocycles. The van der Waals surface area contributed by atoms with Crippen molar-refractivity contribution in [2.75, 3.05) is 16.8 Å². The molecule has 1 N–H and O–H groups in total. The van der Waals surface area contributed by atoms with Crippen LogP contribution < -0.4 is 10.2 Å². The summed E-state index contributed by atoms with van der Waals surface area (Å²) in [7, 11) is 0. The second kappa shape index (κ2) is 7.21. The van der Waals surface area contributed by atoms with E-state index in [4.69, 9.17) is 23.2 Å². The maximum absolute atomic E-state index is 14.0. The molecule has 4 atom stereocenters. The number of aryl methyl sites for hydroxylation is 1. The van der Waals surface area contributed by atoms with Crippen molar-refractivity contribution in [2.24, 2.45) is 11.8 Å². The molecule has 182 valence electrons. The van der Waals surface area contributed by atoms with Gasteiger partial charge in [0.1, 0.15) is 5.54 Å². The fraction of sp³-hybridized carbons (Fsp3) is 0.375. The Morgan fingerprint density at radius 1 is 1.06 bits per heavy atom. The van der Waals surface area contributed by atoms with Gasteiger partial charge in [-0.2, -0.15) is 13.2 Å². The summed E-state index contributed by atoms with van der Waals surface area (Å²) >= 11 is 12.6. The highest BCUT2D eigenvalue weighted by molar-refractivity contribution is 6.37. The molecule has 35 heavy (non-hydrogen) atoms. The number of carbonyl (C=O) groups is 3. The van der Waals surface area contributed by atoms with Gasteiger partial charge < -0.3 is 5.32 Å². The number of anilines is 2. The van der Waals surface area contributed by atoms with E-state index in [0.717, 1.165) is 22.6 Å². The number of imide groups is 1. The van der Waals surface area contributed by atoms with E-state index in [-0.39, 0.29) is 10.7 Å². The van der Waals surface area contributed by atoms with Crippen molar-refractivity contribution in [3.63, 3.8) is 0 Å². The molecule has 4 aliphatic heterocycles. The molecule has 6 rings (SSSR count). The minimum atomic E-state index is -4.69. The zero-order valence-corrected chi connectivity index (χ0v) is 19.8. The van der Waals surface area contributed by atoms with E-state index >= 15 is 0 Å². The van der Waals surface area contributed by atoms with Crippen molar-refractivity contribution in [3.8, 4) is 0 Å². The van der Waals surface area contributed by atoms with Crippen LogP contribution in [0.3, 0.4) is 0 Å². The second-order valence-corrected chi connectivity index (χ2v) is 10.3. The van der Waals surface area contributed by atoms with Gasteiger partial charge >= 0.3 is 6.18 Å². The number of nitrogens with zero attached hydrogens (tertiary/aromatic N) is 2. The second-order valence-electron chi connectivity index (χ2n) is 9.47. The summed E-state index contributed by atoms with van der Waals surface area (Å²) in [6, 6.07) is 5.60. The van der Waals surface area contributed by atoms with Gasteiger partial charge in [-0.1, -0.05) is 29.3 Å². The van der Waals surface area contributed by atoms with E-state index in [1.165, 1.54) is 0 Å². The maximum Gasteiger partial charge on any atom is 0.416 e. The van der Waals surface area contributed by atoms with Gasteiger partial charge in [0, 0.05) is 11.6 Å². The Balaban J connectivity index is 1.56. The van der Waals surface area contributed by atoms with Gasteiger partial charge in [0.05, 0.1) is 38.8 Å². The van der Waals surface area contributed by atoms with Gasteiger partial charge in [0.25, 0.3) is 5.91 Å². The minimum Gasteiger partial charge on any atom is -0.323 e. The molecule has 0 radical (unpaired) electrons. The van der Waals surface area contributed by atoms with E-state index in [2.05, 4.69) is 5.32 Å². The predicted molar refractivity (Wildman–Crippen MR) is 122 cm³/mol. The lowest BCUT2D eigenvalue weighted by Crippen LogP contribution is -2.54. The van der Waals surface area contributed by atoms with Gasteiger partial charge in [-0.3, -0.25) is 19.3 Å². The zero-order valence-electron chi connectivity index (χ0n) is 18.2. The summed E-state index contributed by atoms with van der Waals surface area (Å²) < 4.78 is 40.3. The van der Waals surface area contributed by atoms with Crippen molar-refractivity contribution in [1.29, 1.82) is 0 Å². The molecule has 4 heterocycles. The fourth-order valence-electron chi connectivity index (χ4n) is 6.49. The largest absolute Gasteiger partial charge is 0.416 e. The summed E-state index contributed by atoms with van der Waals surface area (Å²) in [4.78, 5) is 44.0. The number of rotatable bonds is 1. The zero-order chi connectivity index (χ0) is 25.0. The summed E-state index contributed by atoms with van der Waals surface area (Å²) in [5.41, 5.74) is -1.15. The van der Waals surface area contributed by atoms with E-state index in [1.807, 2.05) is 11.8 Å². The highest BCUT2D eigenvalue weighted by Crippen LogP contribution is 2.61. The summed E-state index contributed by atoms with van der Waals surface area (Å²) in [5.74, 6) is -3.86. The highest BCUT2D eigenvalue weighted by atomic mass is 35.5. The Bertz CT molecular complexity index is 1350. The van der Waals surface area contributed by atoms with Crippen LogP contribution in [-0.2, 0) is 26.1 Å². The topological polar surface area (TPSA) is 69.7 Å². The number of halogens is 5. The molecule has 3 amide bonds. The maximum atomic E-state index is 14.0. The average Bonchev–Trinajstić information content (AvgIpc) is 3.47. The van der Waals surface area contributed by atoms with Crippen LogP contribution in [0.4, 0.5) is 24.5 Å². The van der Waals surface area contributed by atoms with Crippen LogP contribution in [0.1, 0.15) is 29.5 Å². The highest BCUT2D eigenvalue weighted by Gasteiger charge is 2.75. The molecule has 0 aliphatic carbocycles. The number of carbonyl (C=O) groups excluding carboxylic acids is 3. The van der Waals surface area contributed by atoms with Crippen molar-refractivity contribution in [1.82, 2.24) is 4.90 Å². The summed E-state index contributed by atoms with van der Waals surface area (Å²) in [6.45, 7) is 2.31. The first kappa shape index (κ1) is 22.8. The van der Waals surface area contributed by atoms with Crippen molar-refractivity contribution >= 4 is 52.3 Å². The molecule has 3 fully saturated rings. The molecule has 2 aromatic rings. The first-order chi connectivity index (χ1) is 16.5. The van der Waals surface area contributed by atoms with Gasteiger partial charge in [0.2, 0.25) is 11.8 Å². The third-order valence-corrected chi connectivity index (χ3v) is 8.33. The van der Waals surface area contributed by atoms with Gasteiger partial charge in [-0.15, -0.1) is 0 Å². The average molecular weight is 524 g/mol. The predicted octanol–water partition coefficient (Wildman–Crippen LogP) is 4.75. The Morgan fingerprint density at radius 2 is 1.80 bits per heavy atom. The monoisotopic (exact) mass is 523 g/mol. The molecule has 11 heteroatoms. The molecule has 0 aromatic heterocycles. The number of fused-ring (bicyclic) bond motifs is 7. The number of alkyl halides is 3. The first-order valence-electron chi connectivity index (χ1n) is 11.1. The molecule has 0 saturated carbocycles. The number of hydrogen-bond donors (Lipinski definition) is 1. The van der Waals surface area contributed by atoms with Crippen molar-refractivity contribution < 1.29 is 27.6 Å². The van der Waals surface area contributed by atoms with Crippen LogP contribution in [0.15, 0.2) is 30.3 Å². The third kappa shape index (κ3) is 2.80. The molecule has 0 unspecified atom stereocenters. The number of nitrogens with one attached hydrogen (secondary N) is 1. The third-order valence-electron chi connectivity index (χ3n) is 7.71. The molecule has 4 aliphatic rings. The SMILES string of the molecule is Cc1cc(Cl)c2c(c1)[C@]1(C(=O)N2)[C@@H]2C(=O)N(c3cc(C(F)(F)F)ccc3Cl)C(=O)[C@@H]2[C@@H]2CCCN21. The van der Waals surface area contributed by atoms with E-state index in [9.17, 15) is 27.6 Å². The normalized spacial score (nSPS) is 29.7. The van der Waals surface area contributed by atoms with Crippen LogP contribution in [0.5, 0.6) is 0 Å².